The lowest BCUT2D eigenvalue weighted by atomic mass is 10.2. The first-order chi connectivity index (χ1) is 9.15. The van der Waals surface area contributed by atoms with Crippen LogP contribution in [0.5, 0.6) is 10.9 Å². The average molecular weight is 298 g/mol. The van der Waals surface area contributed by atoms with Gasteiger partial charge in [0.15, 0.2) is 0 Å². The Hall–Kier alpha value is -1.17. The third-order valence-corrected chi connectivity index (χ3v) is 3.42. The number of hydrogen-bond acceptors (Lipinski definition) is 5. The molecule has 4 nitrogen and oxygen atoms in total. The predicted molar refractivity (Wildman–Crippen MR) is 78.0 cm³/mol. The van der Waals surface area contributed by atoms with E-state index < -0.39 is 0 Å². The van der Waals surface area contributed by atoms with Crippen LogP contribution in [0.4, 0.5) is 0 Å². The van der Waals surface area contributed by atoms with E-state index in [9.17, 15) is 0 Å². The van der Waals surface area contributed by atoms with Crippen molar-refractivity contribution < 1.29 is 4.74 Å². The molecule has 0 aliphatic rings. The van der Waals surface area contributed by atoms with Gasteiger partial charge in [0.05, 0.1) is 5.02 Å². The van der Waals surface area contributed by atoms with Crippen LogP contribution >= 0.6 is 22.9 Å². The van der Waals surface area contributed by atoms with Crippen molar-refractivity contribution in [1.29, 1.82) is 0 Å². The molecule has 19 heavy (non-hydrogen) atoms. The summed E-state index contributed by atoms with van der Waals surface area (Å²) in [6, 6.07) is 7.31. The van der Waals surface area contributed by atoms with Crippen LogP contribution in [0, 0.1) is 5.92 Å². The standard InChI is InChI=1S/C13H16ClN3OS/c1-9(2)7-15-8-12-16-17-13(19-12)18-11-6-4-3-5-10(11)14/h3-6,9,15H,7-8H2,1-2H3. The van der Waals surface area contributed by atoms with Crippen LogP contribution in [0.1, 0.15) is 18.9 Å². The van der Waals surface area contributed by atoms with Gasteiger partial charge in [0.25, 0.3) is 5.19 Å². The summed E-state index contributed by atoms with van der Waals surface area (Å²) < 4.78 is 5.60. The van der Waals surface area contributed by atoms with Gasteiger partial charge in [0.2, 0.25) is 0 Å². The SMILES string of the molecule is CC(C)CNCc1nnc(Oc2ccccc2Cl)s1. The van der Waals surface area contributed by atoms with Crippen molar-refractivity contribution in [2.75, 3.05) is 6.54 Å². The number of nitrogens with one attached hydrogen (secondary N) is 1. The predicted octanol–water partition coefficient (Wildman–Crippen LogP) is 3.73. The van der Waals surface area contributed by atoms with Gasteiger partial charge < -0.3 is 10.1 Å². The zero-order chi connectivity index (χ0) is 13.7. The topological polar surface area (TPSA) is 47.0 Å². The zero-order valence-corrected chi connectivity index (χ0v) is 12.5. The molecule has 0 radical (unpaired) electrons. The lowest BCUT2D eigenvalue weighted by Gasteiger charge is -2.04. The Bertz CT molecular complexity index is 530. The highest BCUT2D eigenvalue weighted by atomic mass is 35.5. The largest absolute Gasteiger partial charge is 0.428 e. The molecule has 1 heterocycles. The van der Waals surface area contributed by atoms with Gasteiger partial charge in [-0.25, -0.2) is 0 Å². The maximum atomic E-state index is 6.02. The number of rotatable bonds is 6. The van der Waals surface area contributed by atoms with Crippen LogP contribution in [0.25, 0.3) is 0 Å². The maximum absolute atomic E-state index is 6.02. The molecule has 0 aliphatic heterocycles. The fraction of sp³-hybridized carbons (Fsp3) is 0.385. The molecule has 0 atom stereocenters. The second-order valence-corrected chi connectivity index (χ2v) is 5.95. The molecule has 0 saturated carbocycles. The molecule has 0 amide bonds. The quantitative estimate of drug-likeness (QED) is 0.882. The molecule has 102 valence electrons. The van der Waals surface area contributed by atoms with Crippen LogP contribution in [-0.2, 0) is 6.54 Å². The normalized spacial score (nSPS) is 10.9. The number of hydrogen-bond donors (Lipinski definition) is 1. The van der Waals surface area contributed by atoms with E-state index in [1.807, 2.05) is 12.1 Å². The second kappa shape index (κ2) is 6.84. The number of ether oxygens (including phenoxy) is 1. The maximum Gasteiger partial charge on any atom is 0.299 e. The molecule has 2 aromatic rings. The van der Waals surface area contributed by atoms with E-state index in [4.69, 9.17) is 16.3 Å². The summed E-state index contributed by atoms with van der Waals surface area (Å²) in [7, 11) is 0. The van der Waals surface area contributed by atoms with E-state index in [1.54, 1.807) is 12.1 Å². The van der Waals surface area contributed by atoms with Gasteiger partial charge in [0.1, 0.15) is 10.8 Å². The number of para-hydroxylation sites is 1. The van der Waals surface area contributed by atoms with Gasteiger partial charge in [-0.2, -0.15) is 0 Å². The highest BCUT2D eigenvalue weighted by Crippen LogP contribution is 2.30. The zero-order valence-electron chi connectivity index (χ0n) is 10.9. The van der Waals surface area contributed by atoms with E-state index in [2.05, 4.69) is 29.4 Å². The first-order valence-corrected chi connectivity index (χ1v) is 7.30. The number of halogens is 1. The molecule has 0 fully saturated rings. The molecule has 1 aromatic heterocycles. The summed E-state index contributed by atoms with van der Waals surface area (Å²) in [5, 5.41) is 13.4. The van der Waals surface area contributed by atoms with E-state index in [0.29, 0.717) is 28.4 Å². The molecule has 1 N–H and O–H groups in total. The Balaban J connectivity index is 1.92. The molecule has 6 heteroatoms. The van der Waals surface area contributed by atoms with Crippen LogP contribution in [0.3, 0.4) is 0 Å². The number of benzene rings is 1. The molecule has 1 aromatic carbocycles. The highest BCUT2D eigenvalue weighted by Gasteiger charge is 2.08. The molecular weight excluding hydrogens is 282 g/mol. The minimum atomic E-state index is 0.509. The van der Waals surface area contributed by atoms with Gasteiger partial charge in [-0.1, -0.05) is 54.0 Å². The summed E-state index contributed by atoms with van der Waals surface area (Å²) in [6.45, 7) is 6.00. The highest BCUT2D eigenvalue weighted by molar-refractivity contribution is 7.13. The van der Waals surface area contributed by atoms with E-state index in [0.717, 1.165) is 11.6 Å². The smallest absolute Gasteiger partial charge is 0.299 e. The third kappa shape index (κ3) is 4.45. The Morgan fingerprint density at radius 1 is 1.32 bits per heavy atom. The van der Waals surface area contributed by atoms with Crippen molar-refractivity contribution in [2.45, 2.75) is 20.4 Å². The van der Waals surface area contributed by atoms with Gasteiger partial charge >= 0.3 is 0 Å². The van der Waals surface area contributed by atoms with Crippen LogP contribution < -0.4 is 10.1 Å². The van der Waals surface area contributed by atoms with Crippen LogP contribution in [-0.4, -0.2) is 16.7 Å². The van der Waals surface area contributed by atoms with Gasteiger partial charge in [-0.05, 0) is 24.6 Å². The summed E-state index contributed by atoms with van der Waals surface area (Å²) >= 11 is 7.44. The Labute approximate surface area is 121 Å². The molecule has 0 saturated heterocycles. The van der Waals surface area contributed by atoms with Crippen molar-refractivity contribution >= 4 is 22.9 Å². The van der Waals surface area contributed by atoms with Gasteiger partial charge in [-0.3, -0.25) is 0 Å². The summed E-state index contributed by atoms with van der Waals surface area (Å²) in [5.74, 6) is 1.22. The van der Waals surface area contributed by atoms with Gasteiger partial charge in [-0.15, -0.1) is 5.10 Å². The average Bonchev–Trinajstić information content (AvgIpc) is 2.79. The van der Waals surface area contributed by atoms with Crippen LogP contribution in [0.2, 0.25) is 5.02 Å². The Morgan fingerprint density at radius 2 is 2.11 bits per heavy atom. The van der Waals surface area contributed by atoms with Crippen molar-refractivity contribution in [3.63, 3.8) is 0 Å². The summed E-state index contributed by atoms with van der Waals surface area (Å²) in [6.07, 6.45) is 0. The molecular formula is C13H16ClN3OS. The van der Waals surface area contributed by atoms with Crippen molar-refractivity contribution in [1.82, 2.24) is 15.5 Å². The minimum absolute atomic E-state index is 0.509. The molecule has 2 rings (SSSR count). The number of aromatic nitrogens is 2. The first-order valence-electron chi connectivity index (χ1n) is 6.10. The fourth-order valence-corrected chi connectivity index (χ4v) is 2.29. The lowest BCUT2D eigenvalue weighted by molar-refractivity contribution is 0.473. The van der Waals surface area contributed by atoms with E-state index >= 15 is 0 Å². The Kier molecular flexibility index (Phi) is 5.13. The minimum Gasteiger partial charge on any atom is -0.428 e. The molecule has 0 spiro atoms. The molecule has 0 bridgehead atoms. The third-order valence-electron chi connectivity index (χ3n) is 2.31. The second-order valence-electron chi connectivity index (χ2n) is 4.52. The van der Waals surface area contributed by atoms with Gasteiger partial charge in [0, 0.05) is 6.54 Å². The summed E-state index contributed by atoms with van der Waals surface area (Å²) in [5.41, 5.74) is 0. The fourth-order valence-electron chi connectivity index (χ4n) is 1.44. The monoisotopic (exact) mass is 297 g/mol. The molecule has 0 aliphatic carbocycles. The first kappa shape index (κ1) is 14.2. The molecule has 0 unspecified atom stereocenters. The van der Waals surface area contributed by atoms with E-state index in [1.165, 1.54) is 11.3 Å². The van der Waals surface area contributed by atoms with E-state index in [-0.39, 0.29) is 0 Å². The van der Waals surface area contributed by atoms with Crippen molar-refractivity contribution in [3.05, 3.63) is 34.3 Å². The lowest BCUT2D eigenvalue weighted by Crippen LogP contribution is -2.18. The number of nitrogens with zero attached hydrogens (tertiary/aromatic N) is 2. The van der Waals surface area contributed by atoms with Crippen molar-refractivity contribution in [3.8, 4) is 10.9 Å². The van der Waals surface area contributed by atoms with Crippen molar-refractivity contribution in [2.24, 2.45) is 5.92 Å². The van der Waals surface area contributed by atoms with Crippen LogP contribution in [0.15, 0.2) is 24.3 Å². The summed E-state index contributed by atoms with van der Waals surface area (Å²) in [4.78, 5) is 0. The Morgan fingerprint density at radius 3 is 2.84 bits per heavy atom.